The minimum Gasteiger partial charge on any atom is -0.423 e. The molecule has 0 bridgehead atoms. The molecule has 0 fully saturated rings. The third-order valence-corrected chi connectivity index (χ3v) is 3.65. The van der Waals surface area contributed by atoms with Crippen LogP contribution in [-0.2, 0) is 11.2 Å². The van der Waals surface area contributed by atoms with Crippen LogP contribution in [0.3, 0.4) is 0 Å². The van der Waals surface area contributed by atoms with Gasteiger partial charge in [-0.3, -0.25) is 4.79 Å². The first-order valence-electron chi connectivity index (χ1n) is 7.53. The van der Waals surface area contributed by atoms with Crippen molar-refractivity contribution in [2.24, 2.45) is 0 Å². The van der Waals surface area contributed by atoms with Gasteiger partial charge in [0.2, 0.25) is 18.2 Å². The summed E-state index contributed by atoms with van der Waals surface area (Å²) in [6.07, 6.45) is 2.01. The number of anilines is 1. The van der Waals surface area contributed by atoms with Crippen molar-refractivity contribution in [3.8, 4) is 11.5 Å². The SMILES string of the molecule is Cc1ccc(-c2nnco2)cc1NC(=O)CCc1cccc(F)c1. The summed E-state index contributed by atoms with van der Waals surface area (Å²) in [7, 11) is 0. The summed E-state index contributed by atoms with van der Waals surface area (Å²) >= 11 is 0. The number of hydrogen-bond donors (Lipinski definition) is 1. The molecule has 0 atom stereocenters. The second kappa shape index (κ2) is 7.04. The topological polar surface area (TPSA) is 68.0 Å². The average molecular weight is 325 g/mol. The Morgan fingerprint density at radius 2 is 2.12 bits per heavy atom. The Bertz CT molecular complexity index is 847. The lowest BCUT2D eigenvalue weighted by molar-refractivity contribution is -0.116. The third kappa shape index (κ3) is 3.84. The molecule has 122 valence electrons. The summed E-state index contributed by atoms with van der Waals surface area (Å²) in [5.41, 5.74) is 3.15. The van der Waals surface area contributed by atoms with E-state index in [1.807, 2.05) is 19.1 Å². The number of aryl methyl sites for hydroxylation is 2. The van der Waals surface area contributed by atoms with Crippen molar-refractivity contribution in [1.82, 2.24) is 10.2 Å². The normalized spacial score (nSPS) is 10.6. The van der Waals surface area contributed by atoms with Crippen LogP contribution < -0.4 is 5.32 Å². The molecule has 1 heterocycles. The molecule has 24 heavy (non-hydrogen) atoms. The fourth-order valence-electron chi connectivity index (χ4n) is 2.35. The van der Waals surface area contributed by atoms with E-state index < -0.39 is 0 Å². The lowest BCUT2D eigenvalue weighted by Crippen LogP contribution is -2.13. The largest absolute Gasteiger partial charge is 0.423 e. The molecule has 0 aliphatic rings. The van der Waals surface area contributed by atoms with Gasteiger partial charge in [0.1, 0.15) is 5.82 Å². The van der Waals surface area contributed by atoms with E-state index in [0.29, 0.717) is 18.0 Å². The van der Waals surface area contributed by atoms with Crippen molar-refractivity contribution in [3.63, 3.8) is 0 Å². The zero-order valence-corrected chi connectivity index (χ0v) is 13.1. The molecule has 3 aromatic rings. The molecule has 0 spiro atoms. The van der Waals surface area contributed by atoms with Gasteiger partial charge in [-0.15, -0.1) is 10.2 Å². The van der Waals surface area contributed by atoms with Crippen LogP contribution in [-0.4, -0.2) is 16.1 Å². The lowest BCUT2D eigenvalue weighted by atomic mass is 10.1. The number of hydrogen-bond acceptors (Lipinski definition) is 4. The number of nitrogens with zero attached hydrogens (tertiary/aromatic N) is 2. The molecule has 0 aliphatic carbocycles. The number of nitrogens with one attached hydrogen (secondary N) is 1. The number of carbonyl (C=O) groups is 1. The van der Waals surface area contributed by atoms with Crippen LogP contribution in [0.2, 0.25) is 0 Å². The van der Waals surface area contributed by atoms with Crippen molar-refractivity contribution in [3.05, 3.63) is 65.8 Å². The quantitative estimate of drug-likeness (QED) is 0.775. The molecule has 2 aromatic carbocycles. The van der Waals surface area contributed by atoms with E-state index in [2.05, 4.69) is 15.5 Å². The second-order valence-corrected chi connectivity index (χ2v) is 5.45. The van der Waals surface area contributed by atoms with Gasteiger partial charge in [-0.05, 0) is 48.7 Å². The molecule has 0 saturated heterocycles. The van der Waals surface area contributed by atoms with Gasteiger partial charge >= 0.3 is 0 Å². The Kier molecular flexibility index (Phi) is 4.65. The van der Waals surface area contributed by atoms with Crippen LogP contribution >= 0.6 is 0 Å². The molecule has 0 saturated carbocycles. The summed E-state index contributed by atoms with van der Waals surface area (Å²) in [4.78, 5) is 12.2. The maximum Gasteiger partial charge on any atom is 0.247 e. The first-order chi connectivity index (χ1) is 11.6. The summed E-state index contributed by atoms with van der Waals surface area (Å²) in [6, 6.07) is 11.8. The second-order valence-electron chi connectivity index (χ2n) is 5.45. The Hall–Kier alpha value is -3.02. The van der Waals surface area contributed by atoms with E-state index in [9.17, 15) is 9.18 Å². The van der Waals surface area contributed by atoms with Gasteiger partial charge in [-0.1, -0.05) is 18.2 Å². The summed E-state index contributed by atoms with van der Waals surface area (Å²) < 4.78 is 18.3. The maximum absolute atomic E-state index is 13.1. The highest BCUT2D eigenvalue weighted by Gasteiger charge is 2.10. The Morgan fingerprint density at radius 3 is 2.88 bits per heavy atom. The van der Waals surface area contributed by atoms with E-state index in [-0.39, 0.29) is 18.1 Å². The smallest absolute Gasteiger partial charge is 0.247 e. The van der Waals surface area contributed by atoms with Gasteiger partial charge in [0.15, 0.2) is 0 Å². The van der Waals surface area contributed by atoms with E-state index in [1.54, 1.807) is 18.2 Å². The number of benzene rings is 2. The molecular weight excluding hydrogens is 309 g/mol. The number of amides is 1. The fraction of sp³-hybridized carbons (Fsp3) is 0.167. The van der Waals surface area contributed by atoms with Crippen LogP contribution in [0.25, 0.3) is 11.5 Å². The zero-order chi connectivity index (χ0) is 16.9. The van der Waals surface area contributed by atoms with Crippen LogP contribution in [0, 0.1) is 12.7 Å². The fourth-order valence-corrected chi connectivity index (χ4v) is 2.35. The van der Waals surface area contributed by atoms with Crippen molar-refractivity contribution in [2.75, 3.05) is 5.32 Å². The highest BCUT2D eigenvalue weighted by atomic mass is 19.1. The Morgan fingerprint density at radius 1 is 1.25 bits per heavy atom. The van der Waals surface area contributed by atoms with Gasteiger partial charge in [-0.25, -0.2) is 4.39 Å². The average Bonchev–Trinajstić information content (AvgIpc) is 3.10. The highest BCUT2D eigenvalue weighted by Crippen LogP contribution is 2.24. The van der Waals surface area contributed by atoms with Crippen LogP contribution in [0.1, 0.15) is 17.5 Å². The minimum atomic E-state index is -0.295. The molecular formula is C18H16FN3O2. The molecule has 0 unspecified atom stereocenters. The van der Waals surface area contributed by atoms with Gasteiger partial charge < -0.3 is 9.73 Å². The van der Waals surface area contributed by atoms with Crippen molar-refractivity contribution in [2.45, 2.75) is 19.8 Å². The van der Waals surface area contributed by atoms with E-state index >= 15 is 0 Å². The first kappa shape index (κ1) is 15.9. The van der Waals surface area contributed by atoms with Crippen molar-refractivity contribution >= 4 is 11.6 Å². The van der Waals surface area contributed by atoms with Gasteiger partial charge in [0.25, 0.3) is 0 Å². The first-order valence-corrected chi connectivity index (χ1v) is 7.53. The maximum atomic E-state index is 13.1. The summed E-state index contributed by atoms with van der Waals surface area (Å²) in [6.45, 7) is 1.90. The molecule has 5 nitrogen and oxygen atoms in total. The third-order valence-electron chi connectivity index (χ3n) is 3.65. The van der Waals surface area contributed by atoms with E-state index in [0.717, 1.165) is 16.7 Å². The predicted octanol–water partition coefficient (Wildman–Crippen LogP) is 3.76. The molecule has 1 amide bonds. The van der Waals surface area contributed by atoms with Crippen molar-refractivity contribution in [1.29, 1.82) is 0 Å². The van der Waals surface area contributed by atoms with E-state index in [1.165, 1.54) is 18.5 Å². The highest BCUT2D eigenvalue weighted by molar-refractivity contribution is 5.92. The van der Waals surface area contributed by atoms with E-state index in [4.69, 9.17) is 4.42 Å². The zero-order valence-electron chi connectivity index (χ0n) is 13.1. The number of rotatable bonds is 5. The summed E-state index contributed by atoms with van der Waals surface area (Å²) in [5, 5.41) is 10.4. The van der Waals surface area contributed by atoms with Crippen LogP contribution in [0.4, 0.5) is 10.1 Å². The van der Waals surface area contributed by atoms with Crippen LogP contribution in [0.15, 0.2) is 53.3 Å². The minimum absolute atomic E-state index is 0.134. The number of carbonyl (C=O) groups excluding carboxylic acids is 1. The van der Waals surface area contributed by atoms with Crippen LogP contribution in [0.5, 0.6) is 0 Å². The Balaban J connectivity index is 1.66. The lowest BCUT2D eigenvalue weighted by Gasteiger charge is -2.09. The number of aromatic nitrogens is 2. The predicted molar refractivity (Wildman–Crippen MR) is 87.8 cm³/mol. The van der Waals surface area contributed by atoms with Gasteiger partial charge in [0.05, 0.1) is 0 Å². The molecule has 0 radical (unpaired) electrons. The van der Waals surface area contributed by atoms with Gasteiger partial charge in [0, 0.05) is 17.7 Å². The standard InChI is InChI=1S/C18H16FN3O2/c1-12-5-7-14(18-22-20-11-24-18)10-16(12)21-17(23)8-6-13-3-2-4-15(19)9-13/h2-5,7,9-11H,6,8H2,1H3,(H,21,23). The molecule has 3 rings (SSSR count). The molecule has 6 heteroatoms. The monoisotopic (exact) mass is 325 g/mol. The molecule has 0 aliphatic heterocycles. The van der Waals surface area contributed by atoms with Gasteiger partial charge in [-0.2, -0.15) is 0 Å². The summed E-state index contributed by atoms with van der Waals surface area (Å²) in [5.74, 6) is -0.0358. The number of halogens is 1. The molecule has 1 aromatic heterocycles. The molecule has 1 N–H and O–H groups in total. The Labute approximate surface area is 138 Å². The van der Waals surface area contributed by atoms with Crippen molar-refractivity contribution < 1.29 is 13.6 Å².